The monoisotopic (exact) mass is 410 g/mol. The topological polar surface area (TPSA) is 66.5 Å². The molecule has 1 heterocycles. The molecule has 0 spiro atoms. The Morgan fingerprint density at radius 1 is 0.931 bits per heavy atom. The van der Waals surface area contributed by atoms with Gasteiger partial charge in [-0.3, -0.25) is 9.52 Å². The molecule has 0 aromatic heterocycles. The molecule has 0 atom stereocenters. The lowest BCUT2D eigenvalue weighted by molar-refractivity contribution is 0.0734. The van der Waals surface area contributed by atoms with E-state index in [0.717, 1.165) is 23.3 Å². The third-order valence-electron chi connectivity index (χ3n) is 4.90. The highest BCUT2D eigenvalue weighted by Crippen LogP contribution is 2.25. The van der Waals surface area contributed by atoms with Gasteiger partial charge in [-0.2, -0.15) is 0 Å². The molecule has 5 nitrogen and oxygen atoms in total. The Morgan fingerprint density at radius 2 is 1.66 bits per heavy atom. The van der Waals surface area contributed by atoms with Crippen molar-refractivity contribution in [1.29, 1.82) is 0 Å². The summed E-state index contributed by atoms with van der Waals surface area (Å²) in [5, 5.41) is 0. The number of benzene rings is 3. The summed E-state index contributed by atoms with van der Waals surface area (Å²) in [7, 11) is -3.83. The van der Waals surface area contributed by atoms with E-state index in [1.807, 2.05) is 24.3 Å². The van der Waals surface area contributed by atoms with Crippen molar-refractivity contribution in [2.75, 3.05) is 11.3 Å². The number of rotatable bonds is 4. The van der Waals surface area contributed by atoms with Gasteiger partial charge in [0.2, 0.25) is 0 Å². The lowest BCUT2D eigenvalue weighted by atomic mass is 9.98. The fourth-order valence-electron chi connectivity index (χ4n) is 3.39. The zero-order valence-corrected chi connectivity index (χ0v) is 16.3. The quantitative estimate of drug-likeness (QED) is 0.711. The van der Waals surface area contributed by atoms with E-state index >= 15 is 0 Å². The number of amides is 1. The smallest absolute Gasteiger partial charge is 0.261 e. The molecule has 29 heavy (non-hydrogen) atoms. The van der Waals surface area contributed by atoms with Crippen LogP contribution >= 0.6 is 0 Å². The van der Waals surface area contributed by atoms with Crippen molar-refractivity contribution in [1.82, 2.24) is 4.90 Å². The van der Waals surface area contributed by atoms with Gasteiger partial charge in [-0.1, -0.05) is 24.3 Å². The van der Waals surface area contributed by atoms with Crippen LogP contribution in [0.2, 0.25) is 0 Å². The van der Waals surface area contributed by atoms with Crippen LogP contribution in [0.3, 0.4) is 0 Å². The van der Waals surface area contributed by atoms with Crippen molar-refractivity contribution in [3.63, 3.8) is 0 Å². The van der Waals surface area contributed by atoms with E-state index in [4.69, 9.17) is 0 Å². The van der Waals surface area contributed by atoms with Crippen LogP contribution < -0.4 is 4.72 Å². The molecule has 148 valence electrons. The number of anilines is 1. The Hall–Kier alpha value is -3.19. The maximum atomic E-state index is 13.1. The molecule has 1 aliphatic heterocycles. The van der Waals surface area contributed by atoms with Crippen LogP contribution in [0.5, 0.6) is 0 Å². The third-order valence-corrected chi connectivity index (χ3v) is 6.30. The van der Waals surface area contributed by atoms with E-state index in [9.17, 15) is 17.6 Å². The lowest BCUT2D eigenvalue weighted by Gasteiger charge is -2.29. The Morgan fingerprint density at radius 3 is 2.38 bits per heavy atom. The summed E-state index contributed by atoms with van der Waals surface area (Å²) >= 11 is 0. The van der Waals surface area contributed by atoms with Gasteiger partial charge in [-0.15, -0.1) is 0 Å². The SMILES string of the molecule is O=C(c1ccccc1)N1CCc2ccc(NS(=O)(=O)c3ccc(F)cc3)cc2C1. The normalized spacial score (nSPS) is 13.6. The summed E-state index contributed by atoms with van der Waals surface area (Å²) < 4.78 is 40.7. The summed E-state index contributed by atoms with van der Waals surface area (Å²) in [6.07, 6.45) is 0.707. The number of halogens is 1. The van der Waals surface area contributed by atoms with Crippen LogP contribution in [0.15, 0.2) is 77.7 Å². The van der Waals surface area contributed by atoms with Crippen LogP contribution in [-0.2, 0) is 23.0 Å². The first kappa shape index (κ1) is 19.1. The standard InChI is InChI=1S/C22H19FN2O3S/c23-19-7-10-21(11-8-19)29(27,28)24-20-9-6-16-12-13-25(15-18(16)14-20)22(26)17-4-2-1-3-5-17/h1-11,14,24H,12-13,15H2. The minimum Gasteiger partial charge on any atom is -0.334 e. The van der Waals surface area contributed by atoms with Gasteiger partial charge in [0.1, 0.15) is 5.82 Å². The predicted octanol–water partition coefficient (Wildman–Crippen LogP) is 3.83. The summed E-state index contributed by atoms with van der Waals surface area (Å²) in [5.41, 5.74) is 3.03. The molecule has 0 unspecified atom stereocenters. The summed E-state index contributed by atoms with van der Waals surface area (Å²) in [5.74, 6) is -0.547. The van der Waals surface area contributed by atoms with Gasteiger partial charge in [0.15, 0.2) is 0 Å². The summed E-state index contributed by atoms with van der Waals surface area (Å²) in [4.78, 5) is 14.5. The van der Waals surface area contributed by atoms with Crippen LogP contribution in [-0.4, -0.2) is 25.8 Å². The molecule has 1 aliphatic rings. The van der Waals surface area contributed by atoms with Crippen molar-refractivity contribution in [2.45, 2.75) is 17.9 Å². The molecule has 7 heteroatoms. The van der Waals surface area contributed by atoms with Crippen LogP contribution in [0.25, 0.3) is 0 Å². The number of fused-ring (bicyclic) bond motifs is 1. The predicted molar refractivity (Wildman–Crippen MR) is 109 cm³/mol. The number of nitrogens with one attached hydrogen (secondary N) is 1. The molecule has 0 aliphatic carbocycles. The average Bonchev–Trinajstić information content (AvgIpc) is 2.73. The molecule has 1 N–H and O–H groups in total. The van der Waals surface area contributed by atoms with Crippen LogP contribution in [0.1, 0.15) is 21.5 Å². The molecule has 0 bridgehead atoms. The van der Waals surface area contributed by atoms with Crippen molar-refractivity contribution < 1.29 is 17.6 Å². The fraction of sp³-hybridized carbons (Fsp3) is 0.136. The lowest BCUT2D eigenvalue weighted by Crippen LogP contribution is -2.36. The number of hydrogen-bond donors (Lipinski definition) is 1. The number of carbonyl (C=O) groups is 1. The number of carbonyl (C=O) groups excluding carboxylic acids is 1. The van der Waals surface area contributed by atoms with E-state index in [1.165, 1.54) is 12.1 Å². The zero-order chi connectivity index (χ0) is 20.4. The molecule has 0 radical (unpaired) electrons. The Labute approximate surface area is 168 Å². The first-order chi connectivity index (χ1) is 13.9. The highest BCUT2D eigenvalue weighted by atomic mass is 32.2. The van der Waals surface area contributed by atoms with Gasteiger partial charge < -0.3 is 4.90 Å². The first-order valence-corrected chi connectivity index (χ1v) is 10.7. The minimum absolute atomic E-state index is 0.0162. The molecule has 0 fully saturated rings. The van der Waals surface area contributed by atoms with Gasteiger partial charge in [0, 0.05) is 24.3 Å². The Kier molecular flexibility index (Phi) is 5.07. The first-order valence-electron chi connectivity index (χ1n) is 9.17. The van der Waals surface area contributed by atoms with Crippen LogP contribution in [0, 0.1) is 5.82 Å². The van der Waals surface area contributed by atoms with Gasteiger partial charge >= 0.3 is 0 Å². The highest BCUT2D eigenvalue weighted by molar-refractivity contribution is 7.92. The maximum Gasteiger partial charge on any atom is 0.261 e. The van der Waals surface area contributed by atoms with E-state index in [1.54, 1.807) is 29.2 Å². The van der Waals surface area contributed by atoms with Crippen molar-refractivity contribution in [2.24, 2.45) is 0 Å². The molecule has 3 aromatic rings. The van der Waals surface area contributed by atoms with E-state index in [0.29, 0.717) is 30.8 Å². The molecular formula is C22H19FN2O3S. The molecule has 0 saturated carbocycles. The van der Waals surface area contributed by atoms with E-state index in [2.05, 4.69) is 4.72 Å². The second-order valence-electron chi connectivity index (χ2n) is 6.89. The number of hydrogen-bond acceptors (Lipinski definition) is 3. The van der Waals surface area contributed by atoms with Crippen molar-refractivity contribution in [3.05, 3.63) is 95.3 Å². The fourth-order valence-corrected chi connectivity index (χ4v) is 4.43. The van der Waals surface area contributed by atoms with Crippen molar-refractivity contribution >= 4 is 21.6 Å². The third kappa shape index (κ3) is 4.14. The molecule has 1 amide bonds. The molecule has 3 aromatic carbocycles. The number of sulfonamides is 1. The van der Waals surface area contributed by atoms with Crippen LogP contribution in [0.4, 0.5) is 10.1 Å². The maximum absolute atomic E-state index is 13.1. The Balaban J connectivity index is 1.54. The Bertz CT molecular complexity index is 1150. The van der Waals surface area contributed by atoms with Gasteiger partial charge in [0.25, 0.3) is 15.9 Å². The van der Waals surface area contributed by atoms with Gasteiger partial charge in [-0.05, 0) is 66.1 Å². The van der Waals surface area contributed by atoms with Gasteiger partial charge in [-0.25, -0.2) is 12.8 Å². The second-order valence-corrected chi connectivity index (χ2v) is 8.57. The molecule has 0 saturated heterocycles. The largest absolute Gasteiger partial charge is 0.334 e. The molecular weight excluding hydrogens is 391 g/mol. The van der Waals surface area contributed by atoms with Gasteiger partial charge in [0.05, 0.1) is 4.90 Å². The summed E-state index contributed by atoms with van der Waals surface area (Å²) in [6.45, 7) is 1.02. The minimum atomic E-state index is -3.83. The number of nitrogens with zero attached hydrogens (tertiary/aromatic N) is 1. The average molecular weight is 410 g/mol. The molecule has 4 rings (SSSR count). The van der Waals surface area contributed by atoms with Crippen molar-refractivity contribution in [3.8, 4) is 0 Å². The highest BCUT2D eigenvalue weighted by Gasteiger charge is 2.22. The van der Waals surface area contributed by atoms with E-state index in [-0.39, 0.29) is 10.8 Å². The zero-order valence-electron chi connectivity index (χ0n) is 15.5. The second kappa shape index (κ2) is 7.67. The van der Waals surface area contributed by atoms with E-state index < -0.39 is 15.8 Å². The summed E-state index contributed by atoms with van der Waals surface area (Å²) in [6, 6.07) is 19.1.